The lowest BCUT2D eigenvalue weighted by Gasteiger charge is -2.07. The van der Waals surface area contributed by atoms with Crippen LogP contribution in [0, 0.1) is 0 Å². The maximum absolute atomic E-state index is 11.7. The van der Waals surface area contributed by atoms with Gasteiger partial charge in [0.15, 0.2) is 0 Å². The van der Waals surface area contributed by atoms with E-state index in [-0.39, 0.29) is 12.2 Å². The number of benzene rings is 1. The number of hydrogen-bond donors (Lipinski definition) is 1. The van der Waals surface area contributed by atoms with E-state index in [4.69, 9.17) is 10.5 Å². The van der Waals surface area contributed by atoms with Crippen LogP contribution in [-0.2, 0) is 11.3 Å². The molecule has 5 nitrogen and oxygen atoms in total. The number of nitrogen functional groups attached to an aromatic ring is 1. The Morgan fingerprint density at radius 2 is 2.05 bits per heavy atom. The van der Waals surface area contributed by atoms with Crippen LogP contribution in [0.15, 0.2) is 53.5 Å². The molecule has 1 aromatic heterocycles. The first kappa shape index (κ1) is 12.9. The molecular weight excluding hydrogens is 244 g/mol. The van der Waals surface area contributed by atoms with Gasteiger partial charge in [-0.05, 0) is 24.3 Å². The quantitative estimate of drug-likeness (QED) is 0.662. The lowest BCUT2D eigenvalue weighted by Crippen LogP contribution is -2.21. The molecule has 2 aromatic rings. The molecule has 0 bridgehead atoms. The summed E-state index contributed by atoms with van der Waals surface area (Å²) in [5, 5.41) is 0. The average molecular weight is 258 g/mol. The Hall–Kier alpha value is -2.56. The second-order valence-corrected chi connectivity index (χ2v) is 3.99. The van der Waals surface area contributed by atoms with E-state index in [0.29, 0.717) is 17.8 Å². The Morgan fingerprint density at radius 1 is 1.21 bits per heavy atom. The molecule has 0 atom stereocenters. The fourth-order valence-corrected chi connectivity index (χ4v) is 1.63. The zero-order valence-corrected chi connectivity index (χ0v) is 10.3. The van der Waals surface area contributed by atoms with Crippen molar-refractivity contribution >= 4 is 11.7 Å². The van der Waals surface area contributed by atoms with Gasteiger partial charge in [-0.2, -0.15) is 0 Å². The molecule has 0 aliphatic heterocycles. The van der Waals surface area contributed by atoms with Crippen LogP contribution < -0.4 is 11.3 Å². The monoisotopic (exact) mass is 258 g/mol. The van der Waals surface area contributed by atoms with E-state index < -0.39 is 5.97 Å². The van der Waals surface area contributed by atoms with Gasteiger partial charge in [0, 0.05) is 18.0 Å². The van der Waals surface area contributed by atoms with Crippen molar-refractivity contribution < 1.29 is 9.53 Å². The van der Waals surface area contributed by atoms with Gasteiger partial charge < -0.3 is 15.0 Å². The molecule has 5 heteroatoms. The van der Waals surface area contributed by atoms with Crippen LogP contribution in [-0.4, -0.2) is 17.1 Å². The maximum Gasteiger partial charge on any atom is 0.338 e. The zero-order chi connectivity index (χ0) is 13.7. The minimum atomic E-state index is -0.448. The Kier molecular flexibility index (Phi) is 3.97. The van der Waals surface area contributed by atoms with Crippen molar-refractivity contribution in [1.82, 2.24) is 4.57 Å². The predicted molar refractivity (Wildman–Crippen MR) is 71.8 cm³/mol. The van der Waals surface area contributed by atoms with E-state index in [0.717, 1.165) is 0 Å². The summed E-state index contributed by atoms with van der Waals surface area (Å²) in [5.41, 5.74) is 6.37. The highest BCUT2D eigenvalue weighted by atomic mass is 16.5. The molecule has 1 aromatic carbocycles. The van der Waals surface area contributed by atoms with E-state index in [1.807, 2.05) is 0 Å². The Balaban J connectivity index is 1.91. The largest absolute Gasteiger partial charge is 0.460 e. The lowest BCUT2D eigenvalue weighted by atomic mass is 10.2. The van der Waals surface area contributed by atoms with Crippen LogP contribution in [0.3, 0.4) is 0 Å². The summed E-state index contributed by atoms with van der Waals surface area (Å²) in [5.74, 6) is -0.448. The molecule has 1 heterocycles. The maximum atomic E-state index is 11.7. The van der Waals surface area contributed by atoms with Crippen molar-refractivity contribution in [1.29, 1.82) is 0 Å². The summed E-state index contributed by atoms with van der Waals surface area (Å²) >= 11 is 0. The highest BCUT2D eigenvalue weighted by molar-refractivity contribution is 5.90. The van der Waals surface area contributed by atoms with Gasteiger partial charge in [0.1, 0.15) is 6.61 Å². The van der Waals surface area contributed by atoms with Crippen molar-refractivity contribution in [2.75, 3.05) is 12.3 Å². The number of aromatic nitrogens is 1. The number of carbonyl (C=O) groups is 1. The second-order valence-electron chi connectivity index (χ2n) is 3.99. The molecular formula is C14H14N2O3. The van der Waals surface area contributed by atoms with E-state index >= 15 is 0 Å². The summed E-state index contributed by atoms with van der Waals surface area (Å²) in [6, 6.07) is 11.4. The third-order valence-electron chi connectivity index (χ3n) is 2.59. The summed E-state index contributed by atoms with van der Waals surface area (Å²) in [7, 11) is 0. The summed E-state index contributed by atoms with van der Waals surface area (Å²) in [6.45, 7) is 0.464. The molecule has 0 spiro atoms. The fourth-order valence-electron chi connectivity index (χ4n) is 1.63. The van der Waals surface area contributed by atoms with Crippen LogP contribution in [0.4, 0.5) is 5.69 Å². The summed E-state index contributed by atoms with van der Waals surface area (Å²) in [6.07, 6.45) is 1.65. The number of rotatable bonds is 4. The van der Waals surface area contributed by atoms with Gasteiger partial charge in [-0.3, -0.25) is 4.79 Å². The molecule has 98 valence electrons. The van der Waals surface area contributed by atoms with Crippen molar-refractivity contribution in [3.63, 3.8) is 0 Å². The standard InChI is InChI=1S/C14H14N2O3/c15-12-5-3-4-11(10-12)14(18)19-9-8-16-7-2-1-6-13(16)17/h1-7,10H,8-9,15H2. The number of ether oxygens (including phenoxy) is 1. The number of anilines is 1. The second kappa shape index (κ2) is 5.86. The number of carbonyl (C=O) groups excluding carboxylic acids is 1. The van der Waals surface area contributed by atoms with Crippen LogP contribution in [0.5, 0.6) is 0 Å². The fraction of sp³-hybridized carbons (Fsp3) is 0.143. The smallest absolute Gasteiger partial charge is 0.338 e. The van der Waals surface area contributed by atoms with Crippen LogP contribution in [0.25, 0.3) is 0 Å². The van der Waals surface area contributed by atoms with Gasteiger partial charge in [-0.1, -0.05) is 12.1 Å². The Bertz CT molecular complexity index is 634. The first-order chi connectivity index (χ1) is 9.16. The summed E-state index contributed by atoms with van der Waals surface area (Å²) in [4.78, 5) is 23.1. The number of esters is 1. The molecule has 0 unspecified atom stereocenters. The van der Waals surface area contributed by atoms with Crippen molar-refractivity contribution in [2.24, 2.45) is 0 Å². The van der Waals surface area contributed by atoms with Gasteiger partial charge in [0.25, 0.3) is 5.56 Å². The Labute approximate surface area is 110 Å². The van der Waals surface area contributed by atoms with Gasteiger partial charge >= 0.3 is 5.97 Å². The van der Waals surface area contributed by atoms with Gasteiger partial charge in [-0.25, -0.2) is 4.79 Å². The molecule has 0 radical (unpaired) electrons. The highest BCUT2D eigenvalue weighted by Crippen LogP contribution is 2.07. The van der Waals surface area contributed by atoms with Crippen molar-refractivity contribution in [3.8, 4) is 0 Å². The summed E-state index contributed by atoms with van der Waals surface area (Å²) < 4.78 is 6.57. The molecule has 19 heavy (non-hydrogen) atoms. The number of nitrogens with zero attached hydrogens (tertiary/aromatic N) is 1. The normalized spacial score (nSPS) is 10.1. The molecule has 0 aliphatic carbocycles. The molecule has 0 saturated heterocycles. The number of nitrogens with two attached hydrogens (primary N) is 1. The third-order valence-corrected chi connectivity index (χ3v) is 2.59. The molecule has 2 N–H and O–H groups in total. The van der Waals surface area contributed by atoms with Gasteiger partial charge in [-0.15, -0.1) is 0 Å². The topological polar surface area (TPSA) is 74.3 Å². The molecule has 0 aliphatic rings. The average Bonchev–Trinajstić information content (AvgIpc) is 2.41. The molecule has 0 amide bonds. The van der Waals surface area contributed by atoms with E-state index in [1.54, 1.807) is 42.6 Å². The minimum Gasteiger partial charge on any atom is -0.460 e. The van der Waals surface area contributed by atoms with Gasteiger partial charge in [0.2, 0.25) is 0 Å². The first-order valence-corrected chi connectivity index (χ1v) is 5.85. The van der Waals surface area contributed by atoms with Crippen LogP contribution >= 0.6 is 0 Å². The van der Waals surface area contributed by atoms with E-state index in [9.17, 15) is 9.59 Å². The number of pyridine rings is 1. The van der Waals surface area contributed by atoms with Gasteiger partial charge in [0.05, 0.1) is 12.1 Å². The molecule has 0 saturated carbocycles. The van der Waals surface area contributed by atoms with Crippen LogP contribution in [0.2, 0.25) is 0 Å². The number of hydrogen-bond acceptors (Lipinski definition) is 4. The predicted octanol–water partition coefficient (Wildman–Crippen LogP) is 1.29. The van der Waals surface area contributed by atoms with E-state index in [1.165, 1.54) is 10.6 Å². The lowest BCUT2D eigenvalue weighted by molar-refractivity contribution is 0.0490. The first-order valence-electron chi connectivity index (χ1n) is 5.85. The van der Waals surface area contributed by atoms with Crippen LogP contribution in [0.1, 0.15) is 10.4 Å². The highest BCUT2D eigenvalue weighted by Gasteiger charge is 2.06. The minimum absolute atomic E-state index is 0.123. The molecule has 0 fully saturated rings. The van der Waals surface area contributed by atoms with Crippen molar-refractivity contribution in [2.45, 2.75) is 6.54 Å². The van der Waals surface area contributed by atoms with E-state index in [2.05, 4.69) is 0 Å². The third kappa shape index (κ3) is 3.45. The Morgan fingerprint density at radius 3 is 2.79 bits per heavy atom. The molecule has 2 rings (SSSR count). The van der Waals surface area contributed by atoms with Crippen molar-refractivity contribution in [3.05, 3.63) is 64.6 Å². The SMILES string of the molecule is Nc1cccc(C(=O)OCCn2ccccc2=O)c1. The zero-order valence-electron chi connectivity index (χ0n) is 10.3.